The number of aliphatic hydroxyl groups excluding tert-OH is 1. The van der Waals surface area contributed by atoms with Crippen LogP contribution >= 0.6 is 0 Å². The summed E-state index contributed by atoms with van der Waals surface area (Å²) >= 11 is 0. The summed E-state index contributed by atoms with van der Waals surface area (Å²) in [6, 6.07) is 9.97. The van der Waals surface area contributed by atoms with E-state index >= 15 is 0 Å². The van der Waals surface area contributed by atoms with E-state index in [0.29, 0.717) is 6.54 Å². The fourth-order valence-electron chi connectivity index (χ4n) is 1.80. The van der Waals surface area contributed by atoms with Gasteiger partial charge in [0.25, 0.3) is 0 Å². The van der Waals surface area contributed by atoms with Gasteiger partial charge in [-0.15, -0.1) is 0 Å². The van der Waals surface area contributed by atoms with Crippen molar-refractivity contribution in [2.24, 2.45) is 5.41 Å². The number of aliphatic hydroxyl groups is 1. The molecule has 1 aromatic carbocycles. The average molecular weight is 306 g/mol. The molecule has 1 unspecified atom stereocenters. The van der Waals surface area contributed by atoms with E-state index in [-0.39, 0.29) is 12.0 Å². The number of benzene rings is 1. The standard InChI is InChI=1S/C17H26N2O3/c1-17(2,3)14(20)12-19-16(22)15(21)18-11-7-10-13-8-5-4-6-9-13/h4-6,8-9,14,20H,7,10-12H2,1-3H3,(H,18,21)(H,19,22). The number of hydrogen-bond acceptors (Lipinski definition) is 3. The third kappa shape index (κ3) is 6.72. The molecule has 0 bridgehead atoms. The normalized spacial score (nSPS) is 12.5. The topological polar surface area (TPSA) is 78.4 Å². The first-order valence-electron chi connectivity index (χ1n) is 7.58. The van der Waals surface area contributed by atoms with Gasteiger partial charge in [0.1, 0.15) is 0 Å². The highest BCUT2D eigenvalue weighted by molar-refractivity contribution is 6.35. The molecule has 0 heterocycles. The Morgan fingerprint density at radius 2 is 1.68 bits per heavy atom. The number of rotatable bonds is 6. The van der Waals surface area contributed by atoms with Crippen molar-refractivity contribution >= 4 is 11.8 Å². The highest BCUT2D eigenvalue weighted by Crippen LogP contribution is 2.17. The maximum Gasteiger partial charge on any atom is 0.309 e. The Labute approximate surface area is 132 Å². The van der Waals surface area contributed by atoms with Crippen molar-refractivity contribution < 1.29 is 14.7 Å². The summed E-state index contributed by atoms with van der Waals surface area (Å²) in [6.07, 6.45) is 0.932. The molecule has 1 atom stereocenters. The van der Waals surface area contributed by atoms with Crippen LogP contribution < -0.4 is 10.6 Å². The van der Waals surface area contributed by atoms with E-state index in [9.17, 15) is 14.7 Å². The van der Waals surface area contributed by atoms with Crippen LogP contribution in [0.15, 0.2) is 30.3 Å². The molecule has 5 nitrogen and oxygen atoms in total. The van der Waals surface area contributed by atoms with Crippen molar-refractivity contribution in [1.82, 2.24) is 10.6 Å². The van der Waals surface area contributed by atoms with Crippen molar-refractivity contribution in [1.29, 1.82) is 0 Å². The highest BCUT2D eigenvalue weighted by Gasteiger charge is 2.23. The molecule has 0 aliphatic carbocycles. The van der Waals surface area contributed by atoms with Gasteiger partial charge in [-0.2, -0.15) is 0 Å². The summed E-state index contributed by atoms with van der Waals surface area (Å²) < 4.78 is 0. The molecule has 0 radical (unpaired) electrons. The lowest BCUT2D eigenvalue weighted by atomic mass is 9.89. The zero-order valence-corrected chi connectivity index (χ0v) is 13.6. The van der Waals surface area contributed by atoms with E-state index in [1.165, 1.54) is 5.56 Å². The van der Waals surface area contributed by atoms with Gasteiger partial charge in [0, 0.05) is 13.1 Å². The van der Waals surface area contributed by atoms with Gasteiger partial charge in [-0.3, -0.25) is 9.59 Å². The highest BCUT2D eigenvalue weighted by atomic mass is 16.3. The number of amides is 2. The lowest BCUT2D eigenvalue weighted by molar-refractivity contribution is -0.139. The molecule has 0 aromatic heterocycles. The Bertz CT molecular complexity index is 480. The van der Waals surface area contributed by atoms with E-state index < -0.39 is 17.9 Å². The van der Waals surface area contributed by atoms with Gasteiger partial charge >= 0.3 is 11.8 Å². The Balaban J connectivity index is 2.20. The second-order valence-electron chi connectivity index (χ2n) is 6.44. The molecular weight excluding hydrogens is 280 g/mol. The van der Waals surface area contributed by atoms with Crippen molar-refractivity contribution in [2.45, 2.75) is 39.7 Å². The maximum absolute atomic E-state index is 11.6. The number of aryl methyl sites for hydroxylation is 1. The van der Waals surface area contributed by atoms with Crippen molar-refractivity contribution in [3.05, 3.63) is 35.9 Å². The van der Waals surface area contributed by atoms with E-state index in [1.54, 1.807) is 0 Å². The Hall–Kier alpha value is -1.88. The first kappa shape index (κ1) is 18.2. The number of hydrogen-bond donors (Lipinski definition) is 3. The Kier molecular flexibility index (Phi) is 7.05. The Morgan fingerprint density at radius 1 is 1.09 bits per heavy atom. The smallest absolute Gasteiger partial charge is 0.309 e. The first-order chi connectivity index (χ1) is 10.3. The summed E-state index contributed by atoms with van der Waals surface area (Å²) in [5.74, 6) is -1.36. The van der Waals surface area contributed by atoms with Crippen molar-refractivity contribution in [3.8, 4) is 0 Å². The largest absolute Gasteiger partial charge is 0.391 e. The lowest BCUT2D eigenvalue weighted by Gasteiger charge is -2.25. The van der Waals surface area contributed by atoms with Crippen molar-refractivity contribution in [3.63, 3.8) is 0 Å². The molecule has 0 saturated heterocycles. The molecular formula is C17H26N2O3. The number of nitrogens with one attached hydrogen (secondary N) is 2. The van der Waals surface area contributed by atoms with Crippen LogP contribution in [0.1, 0.15) is 32.8 Å². The quantitative estimate of drug-likeness (QED) is 0.547. The first-order valence-corrected chi connectivity index (χ1v) is 7.58. The summed E-state index contributed by atoms with van der Waals surface area (Å²) in [7, 11) is 0. The molecule has 122 valence electrons. The third-order valence-corrected chi connectivity index (χ3v) is 3.43. The monoisotopic (exact) mass is 306 g/mol. The van der Waals surface area contributed by atoms with Crippen LogP contribution in [0, 0.1) is 5.41 Å². The predicted octanol–water partition coefficient (Wildman–Crippen LogP) is 1.26. The van der Waals surface area contributed by atoms with Gasteiger partial charge < -0.3 is 15.7 Å². The van der Waals surface area contributed by atoms with Crippen LogP contribution in [-0.2, 0) is 16.0 Å². The molecule has 22 heavy (non-hydrogen) atoms. The van der Waals surface area contributed by atoms with Crippen LogP contribution in [-0.4, -0.2) is 36.1 Å². The van der Waals surface area contributed by atoms with Crippen LogP contribution in [0.5, 0.6) is 0 Å². The number of carbonyl (C=O) groups is 2. The molecule has 0 aliphatic rings. The minimum absolute atomic E-state index is 0.0692. The Morgan fingerprint density at radius 3 is 2.27 bits per heavy atom. The maximum atomic E-state index is 11.6. The summed E-state index contributed by atoms with van der Waals surface area (Å²) in [5, 5.41) is 14.8. The molecule has 0 fully saturated rings. The predicted molar refractivity (Wildman–Crippen MR) is 86.2 cm³/mol. The minimum Gasteiger partial charge on any atom is -0.391 e. The molecule has 0 saturated carbocycles. The fourth-order valence-corrected chi connectivity index (χ4v) is 1.80. The molecule has 5 heteroatoms. The minimum atomic E-state index is -0.706. The van der Waals surface area contributed by atoms with Crippen LogP contribution in [0.25, 0.3) is 0 Å². The van der Waals surface area contributed by atoms with Crippen LogP contribution in [0.4, 0.5) is 0 Å². The zero-order chi connectivity index (χ0) is 16.6. The van der Waals surface area contributed by atoms with Gasteiger partial charge in [0.15, 0.2) is 0 Å². The van der Waals surface area contributed by atoms with E-state index in [1.807, 2.05) is 51.1 Å². The van der Waals surface area contributed by atoms with Gasteiger partial charge in [-0.05, 0) is 23.8 Å². The van der Waals surface area contributed by atoms with Crippen molar-refractivity contribution in [2.75, 3.05) is 13.1 Å². The summed E-state index contributed by atoms with van der Waals surface area (Å²) in [4.78, 5) is 23.2. The summed E-state index contributed by atoms with van der Waals surface area (Å²) in [5.41, 5.74) is 0.869. The van der Waals surface area contributed by atoms with E-state index in [0.717, 1.165) is 12.8 Å². The second kappa shape index (κ2) is 8.54. The van der Waals surface area contributed by atoms with Gasteiger partial charge in [0.05, 0.1) is 6.10 Å². The number of carbonyl (C=O) groups excluding carboxylic acids is 2. The van der Waals surface area contributed by atoms with Gasteiger partial charge in [-0.1, -0.05) is 51.1 Å². The average Bonchev–Trinajstić information content (AvgIpc) is 2.48. The summed E-state index contributed by atoms with van der Waals surface area (Å²) in [6.45, 7) is 6.12. The molecule has 1 rings (SSSR count). The molecule has 0 aliphatic heterocycles. The SMILES string of the molecule is CC(C)(C)C(O)CNC(=O)C(=O)NCCCc1ccccc1. The van der Waals surface area contributed by atoms with Gasteiger partial charge in [-0.25, -0.2) is 0 Å². The second-order valence-corrected chi connectivity index (χ2v) is 6.44. The zero-order valence-electron chi connectivity index (χ0n) is 13.6. The molecule has 0 spiro atoms. The van der Waals surface area contributed by atoms with Gasteiger partial charge in [0.2, 0.25) is 0 Å². The fraction of sp³-hybridized carbons (Fsp3) is 0.529. The van der Waals surface area contributed by atoms with E-state index in [2.05, 4.69) is 10.6 Å². The molecule has 2 amide bonds. The lowest BCUT2D eigenvalue weighted by Crippen LogP contribution is -2.45. The molecule has 1 aromatic rings. The third-order valence-electron chi connectivity index (χ3n) is 3.43. The van der Waals surface area contributed by atoms with Crippen LogP contribution in [0.3, 0.4) is 0 Å². The van der Waals surface area contributed by atoms with E-state index in [4.69, 9.17) is 0 Å². The van der Waals surface area contributed by atoms with Crippen LogP contribution in [0.2, 0.25) is 0 Å². The molecule has 3 N–H and O–H groups in total.